The largest absolute Gasteiger partial charge is 0.461 e. The van der Waals surface area contributed by atoms with E-state index in [1.807, 2.05) is 54.6 Å². The van der Waals surface area contributed by atoms with Gasteiger partial charge >= 0.3 is 5.97 Å². The van der Waals surface area contributed by atoms with Gasteiger partial charge in [0.05, 0.1) is 5.92 Å². The van der Waals surface area contributed by atoms with Gasteiger partial charge in [-0.05, 0) is 60.1 Å². The van der Waals surface area contributed by atoms with Crippen molar-refractivity contribution in [2.45, 2.75) is 39.7 Å². The number of allylic oxidation sites excluding steroid dienone is 1. The maximum Gasteiger partial charge on any atom is 0.310 e. The fraction of sp³-hybridized carbons (Fsp3) is 0.375. The molecule has 29 heavy (non-hydrogen) atoms. The molecule has 3 rings (SSSR count). The molecule has 1 fully saturated rings. The van der Waals surface area contributed by atoms with Crippen LogP contribution < -0.4 is 4.74 Å². The van der Waals surface area contributed by atoms with Gasteiger partial charge in [-0.25, -0.2) is 0 Å². The summed E-state index contributed by atoms with van der Waals surface area (Å²) >= 11 is 11.8. The zero-order valence-corrected chi connectivity index (χ0v) is 18.2. The van der Waals surface area contributed by atoms with E-state index in [4.69, 9.17) is 32.7 Å². The molecule has 154 valence electrons. The van der Waals surface area contributed by atoms with Crippen LogP contribution in [0.1, 0.15) is 38.7 Å². The van der Waals surface area contributed by atoms with Crippen molar-refractivity contribution in [3.8, 4) is 11.5 Å². The predicted molar refractivity (Wildman–Crippen MR) is 117 cm³/mol. The van der Waals surface area contributed by atoms with Crippen molar-refractivity contribution in [3.05, 3.63) is 70.7 Å². The van der Waals surface area contributed by atoms with Crippen LogP contribution in [-0.2, 0) is 16.1 Å². The number of carbonyl (C=O) groups excluding carboxylic acids is 1. The molecule has 0 N–H and O–H groups in total. The van der Waals surface area contributed by atoms with Gasteiger partial charge in [0.15, 0.2) is 0 Å². The van der Waals surface area contributed by atoms with E-state index in [9.17, 15) is 4.79 Å². The normalized spacial score (nSPS) is 22.6. The number of carbonyl (C=O) groups is 1. The van der Waals surface area contributed by atoms with Crippen molar-refractivity contribution < 1.29 is 14.3 Å². The van der Waals surface area contributed by atoms with Crippen LogP contribution in [0.5, 0.6) is 11.5 Å². The van der Waals surface area contributed by atoms with Crippen LogP contribution in [0.15, 0.2) is 65.2 Å². The van der Waals surface area contributed by atoms with Gasteiger partial charge in [0, 0.05) is 0 Å². The minimum atomic E-state index is -0.191. The molecule has 3 unspecified atom stereocenters. The second-order valence-corrected chi connectivity index (χ2v) is 8.47. The Balaban J connectivity index is 1.64. The Kier molecular flexibility index (Phi) is 7.26. The Hall–Kier alpha value is -1.97. The Labute approximate surface area is 182 Å². The van der Waals surface area contributed by atoms with Gasteiger partial charge in [-0.2, -0.15) is 0 Å². The average molecular weight is 433 g/mol. The molecule has 0 saturated heterocycles. The summed E-state index contributed by atoms with van der Waals surface area (Å²) in [7, 11) is 0. The number of hydrogen-bond acceptors (Lipinski definition) is 3. The molecule has 1 aliphatic carbocycles. The highest BCUT2D eigenvalue weighted by Crippen LogP contribution is 2.65. The average Bonchev–Trinajstić information content (AvgIpc) is 3.33. The third kappa shape index (κ3) is 5.15. The van der Waals surface area contributed by atoms with E-state index in [1.165, 1.54) is 0 Å². The zero-order valence-electron chi connectivity index (χ0n) is 16.7. The lowest BCUT2D eigenvalue weighted by Crippen LogP contribution is -2.13. The van der Waals surface area contributed by atoms with Crippen molar-refractivity contribution in [2.24, 2.45) is 17.3 Å². The van der Waals surface area contributed by atoms with Crippen LogP contribution in [0.25, 0.3) is 0 Å². The molecule has 0 radical (unpaired) electrons. The highest BCUT2D eigenvalue weighted by Gasteiger charge is 2.65. The molecule has 0 heterocycles. The summed E-state index contributed by atoms with van der Waals surface area (Å²) < 4.78 is 11.7. The van der Waals surface area contributed by atoms with Crippen LogP contribution in [0, 0.1) is 17.3 Å². The standard InChI is InChI=1S/C24H26Cl2O3/c1-3-13-24(4-2)20(15-21(25)26)22(24)23(27)28-16-17-9-8-12-19(14-17)29-18-10-6-5-7-11-18/h5-12,14-15,20,22H,3-4,13,16H2,1-2H3. The predicted octanol–water partition coefficient (Wildman–Crippen LogP) is 7.28. The third-order valence-electron chi connectivity index (χ3n) is 5.72. The topological polar surface area (TPSA) is 35.5 Å². The molecule has 0 amide bonds. The van der Waals surface area contributed by atoms with Crippen LogP contribution in [0.2, 0.25) is 0 Å². The lowest BCUT2D eigenvalue weighted by atomic mass is 9.92. The molecule has 1 aliphatic rings. The highest BCUT2D eigenvalue weighted by atomic mass is 35.5. The minimum Gasteiger partial charge on any atom is -0.461 e. The summed E-state index contributed by atoms with van der Waals surface area (Å²) in [6.07, 6.45) is 4.64. The second-order valence-electron chi connectivity index (χ2n) is 7.47. The van der Waals surface area contributed by atoms with Crippen molar-refractivity contribution in [1.29, 1.82) is 0 Å². The number of hydrogen-bond donors (Lipinski definition) is 0. The quantitative estimate of drug-likeness (QED) is 0.390. The molecule has 2 aromatic carbocycles. The van der Waals surface area contributed by atoms with Crippen molar-refractivity contribution in [1.82, 2.24) is 0 Å². The van der Waals surface area contributed by atoms with Crippen LogP contribution in [0.3, 0.4) is 0 Å². The Morgan fingerprint density at radius 3 is 2.45 bits per heavy atom. The minimum absolute atomic E-state index is 0.0395. The third-order valence-corrected chi connectivity index (χ3v) is 5.98. The first-order chi connectivity index (χ1) is 14.0. The fourth-order valence-corrected chi connectivity index (χ4v) is 4.56. The van der Waals surface area contributed by atoms with E-state index in [-0.39, 0.29) is 34.3 Å². The first-order valence-electron chi connectivity index (χ1n) is 10.0. The van der Waals surface area contributed by atoms with Crippen LogP contribution in [0.4, 0.5) is 0 Å². The van der Waals surface area contributed by atoms with Gasteiger partial charge in [0.25, 0.3) is 0 Å². The number of para-hydroxylation sites is 1. The van der Waals surface area contributed by atoms with Gasteiger partial charge in [-0.3, -0.25) is 4.79 Å². The number of esters is 1. The second kappa shape index (κ2) is 9.69. The molecule has 3 atom stereocenters. The van der Waals surface area contributed by atoms with Gasteiger partial charge in [-0.1, -0.05) is 73.8 Å². The van der Waals surface area contributed by atoms with E-state index in [0.717, 1.165) is 30.6 Å². The fourth-order valence-electron chi connectivity index (χ4n) is 4.29. The van der Waals surface area contributed by atoms with E-state index < -0.39 is 0 Å². The number of benzene rings is 2. The van der Waals surface area contributed by atoms with Crippen molar-refractivity contribution >= 4 is 29.2 Å². The molecule has 3 nitrogen and oxygen atoms in total. The summed E-state index contributed by atoms with van der Waals surface area (Å²) in [6.45, 7) is 4.44. The lowest BCUT2D eigenvalue weighted by molar-refractivity contribution is -0.147. The molecule has 5 heteroatoms. The molecule has 0 aliphatic heterocycles. The molecular formula is C24H26Cl2O3. The molecule has 2 aromatic rings. The SMILES string of the molecule is CCCC1(CC)C(C=C(Cl)Cl)C1C(=O)OCc1cccc(Oc2ccccc2)c1. The van der Waals surface area contributed by atoms with Gasteiger partial charge < -0.3 is 9.47 Å². The maximum atomic E-state index is 12.8. The summed E-state index contributed by atoms with van der Waals surface area (Å²) in [4.78, 5) is 12.8. The number of rotatable bonds is 9. The van der Waals surface area contributed by atoms with Crippen LogP contribution in [-0.4, -0.2) is 5.97 Å². The number of ether oxygens (including phenoxy) is 2. The summed E-state index contributed by atoms with van der Waals surface area (Å²) in [5.74, 6) is 1.13. The highest BCUT2D eigenvalue weighted by molar-refractivity contribution is 6.55. The maximum absolute atomic E-state index is 12.8. The summed E-state index contributed by atoms with van der Waals surface area (Å²) in [6, 6.07) is 17.2. The van der Waals surface area contributed by atoms with Gasteiger partial charge in [0.1, 0.15) is 22.6 Å². The first-order valence-corrected chi connectivity index (χ1v) is 10.8. The monoisotopic (exact) mass is 432 g/mol. The van der Waals surface area contributed by atoms with E-state index >= 15 is 0 Å². The van der Waals surface area contributed by atoms with Gasteiger partial charge in [-0.15, -0.1) is 0 Å². The van der Waals surface area contributed by atoms with E-state index in [0.29, 0.717) is 5.75 Å². The molecule has 0 aromatic heterocycles. The molecule has 0 spiro atoms. The summed E-state index contributed by atoms with van der Waals surface area (Å²) in [5, 5.41) is 0. The van der Waals surface area contributed by atoms with E-state index in [1.54, 1.807) is 6.08 Å². The van der Waals surface area contributed by atoms with Crippen molar-refractivity contribution in [2.75, 3.05) is 0 Å². The lowest BCUT2D eigenvalue weighted by Gasteiger charge is -2.14. The smallest absolute Gasteiger partial charge is 0.310 e. The first kappa shape index (κ1) is 21.7. The Morgan fingerprint density at radius 1 is 1.07 bits per heavy atom. The van der Waals surface area contributed by atoms with Crippen LogP contribution >= 0.6 is 23.2 Å². The van der Waals surface area contributed by atoms with Gasteiger partial charge in [0.2, 0.25) is 0 Å². The molecule has 1 saturated carbocycles. The molecule has 0 bridgehead atoms. The zero-order chi connectivity index (χ0) is 20.9. The molecular weight excluding hydrogens is 407 g/mol. The Morgan fingerprint density at radius 2 is 1.79 bits per heavy atom. The number of halogens is 2. The van der Waals surface area contributed by atoms with E-state index in [2.05, 4.69) is 13.8 Å². The Bertz CT molecular complexity index is 861. The van der Waals surface area contributed by atoms with Crippen molar-refractivity contribution in [3.63, 3.8) is 0 Å². The summed E-state index contributed by atoms with van der Waals surface area (Å²) in [5.41, 5.74) is 0.784.